The van der Waals surface area contributed by atoms with Crippen LogP contribution in [0.2, 0.25) is 0 Å². The molecule has 5 heteroatoms. The summed E-state index contributed by atoms with van der Waals surface area (Å²) < 4.78 is 0. The minimum atomic E-state index is -0.378. The Hall–Kier alpha value is -1.12. The molecule has 1 atom stereocenters. The van der Waals surface area contributed by atoms with Crippen LogP contribution in [-0.2, 0) is 4.79 Å². The highest BCUT2D eigenvalue weighted by Crippen LogP contribution is 1.96. The van der Waals surface area contributed by atoms with E-state index in [1.54, 1.807) is 18.9 Å². The number of hydrogen-bond acceptors (Lipinski definition) is 4. The molecule has 0 heterocycles. The average Bonchev–Trinajstić information content (AvgIpc) is 2.21. The summed E-state index contributed by atoms with van der Waals surface area (Å²) in [6.07, 6.45) is 0.410. The Kier molecular flexibility index (Phi) is 7.52. The number of carbonyl (C=O) groups excluding carboxylic acids is 1. The summed E-state index contributed by atoms with van der Waals surface area (Å²) in [4.78, 5) is 15.1. The predicted octanol–water partition coefficient (Wildman–Crippen LogP) is 0.0612. The zero-order valence-electron chi connectivity index (χ0n) is 10.3. The van der Waals surface area contributed by atoms with Gasteiger partial charge in [-0.25, -0.2) is 0 Å². The van der Waals surface area contributed by atoms with E-state index in [4.69, 9.17) is 10.4 Å². The van der Waals surface area contributed by atoms with Crippen LogP contribution in [0.4, 0.5) is 0 Å². The highest BCUT2D eigenvalue weighted by atomic mass is 16.3. The molecule has 0 bridgehead atoms. The van der Waals surface area contributed by atoms with Gasteiger partial charge in [-0.15, -0.1) is 0 Å². The fraction of sp³-hybridized carbons (Fsp3) is 0.818. The lowest BCUT2D eigenvalue weighted by Gasteiger charge is -2.20. The van der Waals surface area contributed by atoms with Crippen LogP contribution in [0.5, 0.6) is 0 Å². The van der Waals surface area contributed by atoms with Gasteiger partial charge in [0.15, 0.2) is 0 Å². The van der Waals surface area contributed by atoms with Crippen molar-refractivity contribution in [3.63, 3.8) is 0 Å². The van der Waals surface area contributed by atoms with E-state index in [2.05, 4.69) is 0 Å². The Balaban J connectivity index is 3.75. The molecule has 0 aliphatic carbocycles. The van der Waals surface area contributed by atoms with Crippen LogP contribution >= 0.6 is 0 Å². The molecule has 5 nitrogen and oxygen atoms in total. The summed E-state index contributed by atoms with van der Waals surface area (Å²) in [5.74, 6) is 0.0349. The highest BCUT2D eigenvalue weighted by Gasteiger charge is 2.10. The van der Waals surface area contributed by atoms with Crippen molar-refractivity contribution < 1.29 is 9.90 Å². The van der Waals surface area contributed by atoms with Crippen molar-refractivity contribution in [1.29, 1.82) is 5.26 Å². The SMILES string of the molecule is CC(O)CN(C)CCC(=O)N(C)CCC#N. The molecule has 0 aromatic heterocycles. The van der Waals surface area contributed by atoms with Gasteiger partial charge < -0.3 is 14.9 Å². The molecule has 0 aromatic carbocycles. The largest absolute Gasteiger partial charge is 0.392 e. The van der Waals surface area contributed by atoms with E-state index in [1.165, 1.54) is 0 Å². The molecule has 0 rings (SSSR count). The number of nitrogens with zero attached hydrogens (tertiary/aromatic N) is 3. The van der Waals surface area contributed by atoms with Gasteiger partial charge in [-0.1, -0.05) is 0 Å². The second-order valence-electron chi connectivity index (χ2n) is 4.08. The Bertz CT molecular complexity index is 248. The summed E-state index contributed by atoms with van der Waals surface area (Å²) >= 11 is 0. The number of likely N-dealkylation sites (N-methyl/N-ethyl adjacent to an activating group) is 1. The van der Waals surface area contributed by atoms with Gasteiger partial charge in [-0.05, 0) is 14.0 Å². The maximum absolute atomic E-state index is 11.6. The topological polar surface area (TPSA) is 67.6 Å². The van der Waals surface area contributed by atoms with Crippen molar-refractivity contribution in [1.82, 2.24) is 9.80 Å². The minimum Gasteiger partial charge on any atom is -0.392 e. The summed E-state index contributed by atoms with van der Waals surface area (Å²) in [5.41, 5.74) is 0. The van der Waals surface area contributed by atoms with Crippen molar-refractivity contribution >= 4 is 5.91 Å². The summed E-state index contributed by atoms with van der Waals surface area (Å²) in [6, 6.07) is 2.01. The lowest BCUT2D eigenvalue weighted by Crippen LogP contribution is -2.33. The monoisotopic (exact) mass is 227 g/mol. The maximum atomic E-state index is 11.6. The van der Waals surface area contributed by atoms with Crippen molar-refractivity contribution in [2.24, 2.45) is 0 Å². The summed E-state index contributed by atoms with van der Waals surface area (Å²) in [6.45, 7) is 3.39. The third kappa shape index (κ3) is 7.21. The van der Waals surface area contributed by atoms with Crippen LogP contribution in [0.1, 0.15) is 19.8 Å². The van der Waals surface area contributed by atoms with Gasteiger partial charge in [0.2, 0.25) is 5.91 Å². The van der Waals surface area contributed by atoms with Crippen molar-refractivity contribution in [2.75, 3.05) is 33.7 Å². The molecule has 1 unspecified atom stereocenters. The third-order valence-electron chi connectivity index (χ3n) is 2.27. The van der Waals surface area contributed by atoms with Crippen LogP contribution < -0.4 is 0 Å². The predicted molar refractivity (Wildman–Crippen MR) is 61.7 cm³/mol. The zero-order valence-corrected chi connectivity index (χ0v) is 10.3. The van der Waals surface area contributed by atoms with E-state index in [1.807, 2.05) is 18.0 Å². The van der Waals surface area contributed by atoms with Crippen LogP contribution in [0.3, 0.4) is 0 Å². The number of hydrogen-bond donors (Lipinski definition) is 1. The molecule has 0 aliphatic heterocycles. The quantitative estimate of drug-likeness (QED) is 0.668. The van der Waals surface area contributed by atoms with Gasteiger partial charge in [0.05, 0.1) is 18.6 Å². The molecule has 92 valence electrons. The Morgan fingerprint density at radius 3 is 2.56 bits per heavy atom. The van der Waals surface area contributed by atoms with E-state index < -0.39 is 0 Å². The number of nitriles is 1. The van der Waals surface area contributed by atoms with Gasteiger partial charge in [-0.2, -0.15) is 5.26 Å². The number of amides is 1. The molecule has 16 heavy (non-hydrogen) atoms. The van der Waals surface area contributed by atoms with Crippen LogP contribution in [0, 0.1) is 11.3 Å². The zero-order chi connectivity index (χ0) is 12.6. The first-order valence-electron chi connectivity index (χ1n) is 5.45. The first kappa shape index (κ1) is 14.9. The van der Waals surface area contributed by atoms with Gasteiger partial charge in [-0.3, -0.25) is 4.79 Å². The van der Waals surface area contributed by atoms with E-state index >= 15 is 0 Å². The second-order valence-corrected chi connectivity index (χ2v) is 4.08. The average molecular weight is 227 g/mol. The fourth-order valence-electron chi connectivity index (χ4n) is 1.36. The smallest absolute Gasteiger partial charge is 0.223 e. The number of rotatable bonds is 7. The maximum Gasteiger partial charge on any atom is 0.223 e. The van der Waals surface area contributed by atoms with Crippen molar-refractivity contribution in [3.05, 3.63) is 0 Å². The molecule has 0 saturated carbocycles. The second kappa shape index (κ2) is 8.08. The number of aliphatic hydroxyl groups excluding tert-OH is 1. The normalized spacial score (nSPS) is 12.2. The molecule has 0 aliphatic rings. The van der Waals surface area contributed by atoms with Crippen LogP contribution in [0.15, 0.2) is 0 Å². The van der Waals surface area contributed by atoms with Gasteiger partial charge >= 0.3 is 0 Å². The van der Waals surface area contributed by atoms with Crippen molar-refractivity contribution in [2.45, 2.75) is 25.9 Å². The van der Waals surface area contributed by atoms with E-state index in [0.717, 1.165) is 0 Å². The van der Waals surface area contributed by atoms with E-state index in [9.17, 15) is 4.79 Å². The van der Waals surface area contributed by atoms with Gasteiger partial charge in [0.25, 0.3) is 0 Å². The highest BCUT2D eigenvalue weighted by molar-refractivity contribution is 5.76. The van der Waals surface area contributed by atoms with E-state index in [-0.39, 0.29) is 12.0 Å². The molecule has 0 spiro atoms. The Morgan fingerprint density at radius 1 is 1.44 bits per heavy atom. The Labute approximate surface area is 97.3 Å². The van der Waals surface area contributed by atoms with E-state index in [0.29, 0.717) is 32.5 Å². The number of aliphatic hydroxyl groups is 1. The number of carbonyl (C=O) groups is 1. The molecular weight excluding hydrogens is 206 g/mol. The lowest BCUT2D eigenvalue weighted by atomic mass is 10.3. The third-order valence-corrected chi connectivity index (χ3v) is 2.27. The summed E-state index contributed by atoms with van der Waals surface area (Å²) in [7, 11) is 3.57. The molecule has 1 N–H and O–H groups in total. The first-order chi connectivity index (χ1) is 7.47. The molecular formula is C11H21N3O2. The standard InChI is InChI=1S/C11H21N3O2/c1-10(15)9-13(2)8-5-11(16)14(3)7-4-6-12/h10,15H,4-5,7-9H2,1-3H3. The Morgan fingerprint density at radius 2 is 2.06 bits per heavy atom. The van der Waals surface area contributed by atoms with Crippen LogP contribution in [-0.4, -0.2) is 60.6 Å². The van der Waals surface area contributed by atoms with Crippen molar-refractivity contribution in [3.8, 4) is 6.07 Å². The fourth-order valence-corrected chi connectivity index (χ4v) is 1.36. The van der Waals surface area contributed by atoms with Crippen LogP contribution in [0.25, 0.3) is 0 Å². The van der Waals surface area contributed by atoms with Gasteiger partial charge in [0, 0.05) is 33.1 Å². The lowest BCUT2D eigenvalue weighted by molar-refractivity contribution is -0.130. The molecule has 0 fully saturated rings. The van der Waals surface area contributed by atoms with Gasteiger partial charge in [0.1, 0.15) is 0 Å². The molecule has 0 radical (unpaired) electrons. The summed E-state index contributed by atoms with van der Waals surface area (Å²) in [5, 5.41) is 17.5. The minimum absolute atomic E-state index is 0.0349. The molecule has 0 saturated heterocycles. The first-order valence-corrected chi connectivity index (χ1v) is 5.45. The molecule has 1 amide bonds. The molecule has 0 aromatic rings.